The van der Waals surface area contributed by atoms with Crippen LogP contribution < -0.4 is 0 Å². The standard InChI is InChI=1S/C13H22O5/c1-12(2)5-7(6-15-12)9-8(14)10-11(16-9)18-13(3,4)17-10/h7-11,14H,5-6H2,1-4H3/t7?,8-,9+,10+,11+/m0/s1. The fraction of sp³-hybridized carbons (Fsp3) is 1.00. The van der Waals surface area contributed by atoms with Crippen LogP contribution in [0.25, 0.3) is 0 Å². The summed E-state index contributed by atoms with van der Waals surface area (Å²) < 4.78 is 22.9. The topological polar surface area (TPSA) is 57.2 Å². The molecule has 5 heteroatoms. The fourth-order valence-electron chi connectivity index (χ4n) is 3.20. The molecule has 3 heterocycles. The van der Waals surface area contributed by atoms with E-state index in [0.29, 0.717) is 6.61 Å². The monoisotopic (exact) mass is 258 g/mol. The van der Waals surface area contributed by atoms with Crippen molar-refractivity contribution in [3.8, 4) is 0 Å². The zero-order valence-electron chi connectivity index (χ0n) is 11.4. The normalized spacial score (nSPS) is 49.5. The van der Waals surface area contributed by atoms with Gasteiger partial charge in [-0.3, -0.25) is 0 Å². The van der Waals surface area contributed by atoms with Crippen LogP contribution in [0.4, 0.5) is 0 Å². The van der Waals surface area contributed by atoms with Crippen molar-refractivity contribution >= 4 is 0 Å². The predicted molar refractivity (Wildman–Crippen MR) is 62.8 cm³/mol. The van der Waals surface area contributed by atoms with Gasteiger partial charge in [-0.25, -0.2) is 0 Å². The Morgan fingerprint density at radius 3 is 2.33 bits per heavy atom. The molecule has 0 spiro atoms. The molecule has 3 saturated heterocycles. The van der Waals surface area contributed by atoms with Crippen molar-refractivity contribution in [3.05, 3.63) is 0 Å². The van der Waals surface area contributed by atoms with E-state index in [1.807, 2.05) is 13.8 Å². The van der Waals surface area contributed by atoms with E-state index >= 15 is 0 Å². The van der Waals surface area contributed by atoms with Crippen LogP contribution in [-0.2, 0) is 18.9 Å². The zero-order chi connectivity index (χ0) is 13.1. The molecule has 0 amide bonds. The Kier molecular flexibility index (Phi) is 2.78. The number of rotatable bonds is 1. The van der Waals surface area contributed by atoms with Gasteiger partial charge in [-0.15, -0.1) is 0 Å². The molecule has 0 aromatic carbocycles. The van der Waals surface area contributed by atoms with Crippen LogP contribution >= 0.6 is 0 Å². The van der Waals surface area contributed by atoms with E-state index in [4.69, 9.17) is 18.9 Å². The minimum Gasteiger partial charge on any atom is -0.387 e. The first kappa shape index (κ1) is 12.8. The summed E-state index contributed by atoms with van der Waals surface area (Å²) in [5.74, 6) is -0.469. The summed E-state index contributed by atoms with van der Waals surface area (Å²) >= 11 is 0. The quantitative estimate of drug-likeness (QED) is 0.761. The van der Waals surface area contributed by atoms with Crippen LogP contribution in [0.5, 0.6) is 0 Å². The molecule has 3 rings (SSSR count). The summed E-state index contributed by atoms with van der Waals surface area (Å²) in [5.41, 5.74) is -0.133. The lowest BCUT2D eigenvalue weighted by molar-refractivity contribution is -0.220. The number of ether oxygens (including phenoxy) is 4. The van der Waals surface area contributed by atoms with Crippen molar-refractivity contribution in [1.82, 2.24) is 0 Å². The third-order valence-corrected chi connectivity index (χ3v) is 3.96. The van der Waals surface area contributed by atoms with Gasteiger partial charge < -0.3 is 24.1 Å². The molecule has 3 aliphatic rings. The van der Waals surface area contributed by atoms with Crippen molar-refractivity contribution in [2.45, 2.75) is 70.1 Å². The molecular formula is C13H22O5. The Bertz CT molecular complexity index is 340. The molecule has 104 valence electrons. The second kappa shape index (κ2) is 3.90. The van der Waals surface area contributed by atoms with Crippen molar-refractivity contribution in [1.29, 1.82) is 0 Å². The lowest BCUT2D eigenvalue weighted by Crippen LogP contribution is -2.38. The third kappa shape index (κ3) is 2.08. The molecule has 5 nitrogen and oxygen atoms in total. The summed E-state index contributed by atoms with van der Waals surface area (Å²) in [7, 11) is 0. The van der Waals surface area contributed by atoms with Crippen molar-refractivity contribution in [2.24, 2.45) is 5.92 Å². The summed E-state index contributed by atoms with van der Waals surface area (Å²) in [6.45, 7) is 8.41. The third-order valence-electron chi connectivity index (χ3n) is 3.96. The summed E-state index contributed by atoms with van der Waals surface area (Å²) in [4.78, 5) is 0. The van der Waals surface area contributed by atoms with E-state index in [1.54, 1.807) is 0 Å². The molecule has 3 fully saturated rings. The first-order valence-electron chi connectivity index (χ1n) is 6.61. The number of fused-ring (bicyclic) bond motifs is 1. The Morgan fingerprint density at radius 1 is 1.06 bits per heavy atom. The van der Waals surface area contributed by atoms with Gasteiger partial charge in [0.1, 0.15) is 12.2 Å². The average molecular weight is 258 g/mol. The smallest absolute Gasteiger partial charge is 0.190 e. The van der Waals surface area contributed by atoms with Crippen LogP contribution in [0, 0.1) is 5.92 Å². The van der Waals surface area contributed by atoms with Gasteiger partial charge in [-0.05, 0) is 34.1 Å². The van der Waals surface area contributed by atoms with Crippen molar-refractivity contribution < 1.29 is 24.1 Å². The van der Waals surface area contributed by atoms with E-state index < -0.39 is 18.2 Å². The second-order valence-corrected chi connectivity index (χ2v) is 6.59. The summed E-state index contributed by atoms with van der Waals surface area (Å²) in [5, 5.41) is 10.3. The number of aliphatic hydroxyl groups is 1. The van der Waals surface area contributed by atoms with E-state index in [1.165, 1.54) is 0 Å². The Labute approximate surface area is 107 Å². The molecule has 1 N–H and O–H groups in total. The molecule has 5 atom stereocenters. The van der Waals surface area contributed by atoms with Crippen LogP contribution in [0.2, 0.25) is 0 Å². The van der Waals surface area contributed by atoms with Gasteiger partial charge >= 0.3 is 0 Å². The maximum absolute atomic E-state index is 10.3. The minimum absolute atomic E-state index is 0.133. The molecule has 18 heavy (non-hydrogen) atoms. The van der Waals surface area contributed by atoms with Crippen molar-refractivity contribution in [2.75, 3.05) is 6.61 Å². The van der Waals surface area contributed by atoms with Crippen LogP contribution in [0.3, 0.4) is 0 Å². The molecule has 0 radical (unpaired) electrons. The van der Waals surface area contributed by atoms with Gasteiger partial charge in [-0.2, -0.15) is 0 Å². The second-order valence-electron chi connectivity index (χ2n) is 6.59. The number of aliphatic hydroxyl groups excluding tert-OH is 1. The Balaban J connectivity index is 1.68. The van der Waals surface area contributed by atoms with Gasteiger partial charge in [0.2, 0.25) is 0 Å². The van der Waals surface area contributed by atoms with Crippen LogP contribution in [0.15, 0.2) is 0 Å². The maximum atomic E-state index is 10.3. The molecule has 0 saturated carbocycles. The van der Waals surface area contributed by atoms with E-state index in [-0.39, 0.29) is 23.7 Å². The fourth-order valence-corrected chi connectivity index (χ4v) is 3.20. The number of hydrogen-bond donors (Lipinski definition) is 1. The highest BCUT2D eigenvalue weighted by atomic mass is 16.8. The zero-order valence-corrected chi connectivity index (χ0v) is 11.4. The van der Waals surface area contributed by atoms with E-state index in [2.05, 4.69) is 13.8 Å². The highest BCUT2D eigenvalue weighted by Crippen LogP contribution is 2.43. The molecule has 0 aliphatic carbocycles. The molecule has 0 aromatic rings. The minimum atomic E-state index is -0.674. The van der Waals surface area contributed by atoms with Gasteiger partial charge in [-0.1, -0.05) is 0 Å². The lowest BCUT2D eigenvalue weighted by Gasteiger charge is -2.26. The molecule has 1 unspecified atom stereocenters. The molecule has 0 aromatic heterocycles. The largest absolute Gasteiger partial charge is 0.387 e. The van der Waals surface area contributed by atoms with Crippen LogP contribution in [-0.4, -0.2) is 47.7 Å². The number of hydrogen-bond acceptors (Lipinski definition) is 5. The predicted octanol–water partition coefficient (Wildman–Crippen LogP) is 1.04. The molecular weight excluding hydrogens is 236 g/mol. The average Bonchev–Trinajstić information content (AvgIpc) is 2.81. The molecule has 3 aliphatic heterocycles. The van der Waals surface area contributed by atoms with E-state index in [0.717, 1.165) is 6.42 Å². The maximum Gasteiger partial charge on any atom is 0.190 e. The van der Waals surface area contributed by atoms with E-state index in [9.17, 15) is 5.11 Å². The Morgan fingerprint density at radius 2 is 1.78 bits per heavy atom. The lowest BCUT2D eigenvalue weighted by atomic mass is 9.90. The summed E-state index contributed by atoms with van der Waals surface area (Å²) in [6.07, 6.45) is -0.841. The van der Waals surface area contributed by atoms with Crippen molar-refractivity contribution in [3.63, 3.8) is 0 Å². The molecule has 0 bridgehead atoms. The van der Waals surface area contributed by atoms with Gasteiger partial charge in [0, 0.05) is 5.92 Å². The van der Waals surface area contributed by atoms with Gasteiger partial charge in [0.05, 0.1) is 18.3 Å². The highest BCUT2D eigenvalue weighted by molar-refractivity contribution is 4.98. The van der Waals surface area contributed by atoms with Gasteiger partial charge in [0.15, 0.2) is 12.1 Å². The highest BCUT2D eigenvalue weighted by Gasteiger charge is 2.57. The Hall–Kier alpha value is -0.200. The van der Waals surface area contributed by atoms with Crippen LogP contribution in [0.1, 0.15) is 34.1 Å². The first-order valence-corrected chi connectivity index (χ1v) is 6.61. The first-order chi connectivity index (χ1) is 8.27. The summed E-state index contributed by atoms with van der Waals surface area (Å²) in [6, 6.07) is 0. The van der Waals surface area contributed by atoms with Gasteiger partial charge in [0.25, 0.3) is 0 Å². The SMILES string of the molecule is CC1(C)CC([C@H]2O[C@@H]3OC(C)(C)O[C@@H]3[C@H]2O)CO1.